The molecule has 0 spiro atoms. The minimum absolute atomic E-state index is 0.125. The molecule has 0 bridgehead atoms. The van der Waals surface area contributed by atoms with Crippen molar-refractivity contribution in [3.63, 3.8) is 0 Å². The Morgan fingerprint density at radius 2 is 2.00 bits per heavy atom. The molecule has 112 valence electrons. The second-order valence-electron chi connectivity index (χ2n) is 4.13. The van der Waals surface area contributed by atoms with Gasteiger partial charge in [-0.3, -0.25) is 0 Å². The third-order valence-corrected chi connectivity index (χ3v) is 3.24. The number of aromatic nitrogens is 2. The normalized spacial score (nSPS) is 11.3. The van der Waals surface area contributed by atoms with Crippen LogP contribution >= 0.6 is 15.9 Å². The maximum atomic E-state index is 13.1. The lowest BCUT2D eigenvalue weighted by Gasteiger charge is -2.22. The van der Waals surface area contributed by atoms with E-state index in [0.717, 1.165) is 10.7 Å². The summed E-state index contributed by atoms with van der Waals surface area (Å²) in [6, 6.07) is 6.75. The highest BCUT2D eigenvalue weighted by Gasteiger charge is 2.36. The number of ether oxygens (including phenoxy) is 1. The SMILES string of the molecule is COc1ncc(C(F)(F)F)c(N(C)c2cccc(Br)c2)n1. The summed E-state index contributed by atoms with van der Waals surface area (Å²) in [6.45, 7) is 0. The van der Waals surface area contributed by atoms with E-state index in [4.69, 9.17) is 4.74 Å². The molecule has 2 rings (SSSR count). The number of halogens is 4. The van der Waals surface area contributed by atoms with Gasteiger partial charge in [0.2, 0.25) is 0 Å². The standard InChI is InChI=1S/C13H11BrF3N3O/c1-20(9-5-3-4-8(14)6-9)11-10(13(15,16)17)7-18-12(19-11)21-2/h3-7H,1-2H3. The molecule has 0 unspecified atom stereocenters. The summed E-state index contributed by atoms with van der Waals surface area (Å²) in [7, 11) is 2.80. The van der Waals surface area contributed by atoms with Crippen molar-refractivity contribution in [1.82, 2.24) is 9.97 Å². The Kier molecular flexibility index (Phi) is 4.36. The van der Waals surface area contributed by atoms with Gasteiger partial charge in [0.05, 0.1) is 7.11 Å². The molecule has 0 amide bonds. The summed E-state index contributed by atoms with van der Waals surface area (Å²) in [6.07, 6.45) is -3.84. The maximum absolute atomic E-state index is 13.1. The monoisotopic (exact) mass is 361 g/mol. The van der Waals surface area contributed by atoms with Crippen LogP contribution in [0.5, 0.6) is 6.01 Å². The van der Waals surface area contributed by atoms with Crippen LogP contribution in [0, 0.1) is 0 Å². The highest BCUT2D eigenvalue weighted by molar-refractivity contribution is 9.10. The molecule has 0 saturated carbocycles. The van der Waals surface area contributed by atoms with Crippen LogP contribution in [0.3, 0.4) is 0 Å². The minimum Gasteiger partial charge on any atom is -0.467 e. The van der Waals surface area contributed by atoms with Gasteiger partial charge in [0.1, 0.15) is 5.56 Å². The van der Waals surface area contributed by atoms with Crippen LogP contribution in [0.4, 0.5) is 24.7 Å². The summed E-state index contributed by atoms with van der Waals surface area (Å²) in [4.78, 5) is 8.68. The summed E-state index contributed by atoms with van der Waals surface area (Å²) in [5, 5.41) is 0. The van der Waals surface area contributed by atoms with Gasteiger partial charge in [0.25, 0.3) is 0 Å². The number of benzene rings is 1. The molecule has 0 N–H and O–H groups in total. The van der Waals surface area contributed by atoms with Crippen molar-refractivity contribution in [2.45, 2.75) is 6.18 Å². The number of hydrogen-bond acceptors (Lipinski definition) is 4. The predicted molar refractivity (Wildman–Crippen MR) is 75.8 cm³/mol. The van der Waals surface area contributed by atoms with Crippen molar-refractivity contribution in [2.24, 2.45) is 0 Å². The van der Waals surface area contributed by atoms with Gasteiger partial charge in [-0.25, -0.2) is 4.98 Å². The molecule has 2 aromatic rings. The molecule has 21 heavy (non-hydrogen) atoms. The number of hydrogen-bond donors (Lipinski definition) is 0. The Labute approximate surface area is 127 Å². The second-order valence-corrected chi connectivity index (χ2v) is 5.05. The highest BCUT2D eigenvalue weighted by atomic mass is 79.9. The van der Waals surface area contributed by atoms with Crippen LogP contribution in [-0.2, 0) is 6.18 Å². The quantitative estimate of drug-likeness (QED) is 0.826. The van der Waals surface area contributed by atoms with E-state index in [1.54, 1.807) is 24.3 Å². The largest absolute Gasteiger partial charge is 0.467 e. The smallest absolute Gasteiger partial charge is 0.421 e. The molecule has 0 aliphatic carbocycles. The molecule has 0 fully saturated rings. The summed E-state index contributed by atoms with van der Waals surface area (Å²) < 4.78 is 44.8. The minimum atomic E-state index is -4.55. The lowest BCUT2D eigenvalue weighted by molar-refractivity contribution is -0.137. The number of methoxy groups -OCH3 is 1. The van der Waals surface area contributed by atoms with E-state index in [1.807, 2.05) is 0 Å². The molecular weight excluding hydrogens is 351 g/mol. The van der Waals surface area contributed by atoms with Crippen LogP contribution in [0.25, 0.3) is 0 Å². The average Bonchev–Trinajstić information content (AvgIpc) is 2.44. The lowest BCUT2D eigenvalue weighted by Crippen LogP contribution is -2.19. The van der Waals surface area contributed by atoms with Crippen molar-refractivity contribution in [3.05, 3.63) is 40.5 Å². The maximum Gasteiger partial charge on any atom is 0.421 e. The zero-order valence-electron chi connectivity index (χ0n) is 11.1. The van der Waals surface area contributed by atoms with Gasteiger partial charge in [-0.15, -0.1) is 0 Å². The van der Waals surface area contributed by atoms with Gasteiger partial charge >= 0.3 is 12.2 Å². The van der Waals surface area contributed by atoms with Gasteiger partial charge < -0.3 is 9.64 Å². The molecule has 0 radical (unpaired) electrons. The van der Waals surface area contributed by atoms with Crippen LogP contribution in [0.2, 0.25) is 0 Å². The summed E-state index contributed by atoms with van der Waals surface area (Å²) in [5.74, 6) is -0.271. The molecule has 0 aliphatic heterocycles. The van der Waals surface area contributed by atoms with Crippen LogP contribution in [0.15, 0.2) is 34.9 Å². The number of anilines is 2. The van der Waals surface area contributed by atoms with Crippen molar-refractivity contribution in [1.29, 1.82) is 0 Å². The third-order valence-electron chi connectivity index (χ3n) is 2.75. The van der Waals surface area contributed by atoms with Crippen molar-refractivity contribution >= 4 is 27.4 Å². The van der Waals surface area contributed by atoms with Crippen molar-refractivity contribution < 1.29 is 17.9 Å². The molecular formula is C13H11BrF3N3O. The highest BCUT2D eigenvalue weighted by Crippen LogP contribution is 2.37. The van der Waals surface area contributed by atoms with Gasteiger partial charge in [0.15, 0.2) is 5.82 Å². The van der Waals surface area contributed by atoms with E-state index in [0.29, 0.717) is 5.69 Å². The predicted octanol–water partition coefficient (Wildman–Crippen LogP) is 4.03. The number of alkyl halides is 3. The number of rotatable bonds is 3. The van der Waals surface area contributed by atoms with Gasteiger partial charge in [0, 0.05) is 23.4 Å². The van der Waals surface area contributed by atoms with E-state index in [9.17, 15) is 13.2 Å². The van der Waals surface area contributed by atoms with E-state index >= 15 is 0 Å². The van der Waals surface area contributed by atoms with Crippen LogP contribution in [-0.4, -0.2) is 24.1 Å². The third kappa shape index (κ3) is 3.44. The molecule has 4 nitrogen and oxygen atoms in total. The first kappa shape index (κ1) is 15.6. The molecule has 1 aromatic carbocycles. The van der Waals surface area contributed by atoms with E-state index < -0.39 is 11.7 Å². The Bertz CT molecular complexity index is 649. The van der Waals surface area contributed by atoms with Crippen LogP contribution < -0.4 is 9.64 Å². The van der Waals surface area contributed by atoms with Gasteiger partial charge in [-0.2, -0.15) is 18.2 Å². The molecule has 0 saturated heterocycles. The molecule has 0 aliphatic rings. The Morgan fingerprint density at radius 3 is 2.57 bits per heavy atom. The Balaban J connectivity index is 2.55. The lowest BCUT2D eigenvalue weighted by atomic mass is 10.2. The Morgan fingerprint density at radius 1 is 1.29 bits per heavy atom. The molecule has 1 aromatic heterocycles. The van der Waals surface area contributed by atoms with E-state index in [1.165, 1.54) is 19.1 Å². The van der Waals surface area contributed by atoms with Crippen molar-refractivity contribution in [3.8, 4) is 6.01 Å². The van der Waals surface area contributed by atoms with Gasteiger partial charge in [-0.1, -0.05) is 22.0 Å². The summed E-state index contributed by atoms with van der Waals surface area (Å²) in [5.41, 5.74) is -0.374. The number of nitrogens with zero attached hydrogens (tertiary/aromatic N) is 3. The fraction of sp³-hybridized carbons (Fsp3) is 0.231. The first-order valence-electron chi connectivity index (χ1n) is 5.80. The molecule has 1 heterocycles. The first-order chi connectivity index (χ1) is 9.82. The Hall–Kier alpha value is -1.83. The molecule has 8 heteroatoms. The first-order valence-corrected chi connectivity index (χ1v) is 6.59. The van der Waals surface area contributed by atoms with E-state index in [2.05, 4.69) is 25.9 Å². The second kappa shape index (κ2) is 5.88. The zero-order valence-corrected chi connectivity index (χ0v) is 12.7. The zero-order chi connectivity index (χ0) is 15.6. The molecule has 0 atom stereocenters. The fourth-order valence-electron chi connectivity index (χ4n) is 1.72. The fourth-order valence-corrected chi connectivity index (χ4v) is 2.11. The average molecular weight is 362 g/mol. The summed E-state index contributed by atoms with van der Waals surface area (Å²) >= 11 is 3.28. The van der Waals surface area contributed by atoms with Crippen LogP contribution in [0.1, 0.15) is 5.56 Å². The van der Waals surface area contributed by atoms with E-state index in [-0.39, 0.29) is 11.8 Å². The topological polar surface area (TPSA) is 38.2 Å². The van der Waals surface area contributed by atoms with Crippen molar-refractivity contribution in [2.75, 3.05) is 19.1 Å². The van der Waals surface area contributed by atoms with Gasteiger partial charge in [-0.05, 0) is 18.2 Å².